The third-order valence-electron chi connectivity index (χ3n) is 8.20. The molecule has 6 rings (SSSR count). The SMILES string of the molecule is CON(Cc1ccc(F)cc1)C(=O)/C=C(\O)C(=O)O.COc1cnc(-n2cnc(C)n2)c2[nH]cc(C(=O)C(=O)N3CCN(C(=O)c4ccccc4)CC3)c12. The maximum atomic E-state index is 13.3. The molecule has 1 fully saturated rings. The number of aliphatic carboxylic acids is 1. The number of amides is 3. The summed E-state index contributed by atoms with van der Waals surface area (Å²) in [4.78, 5) is 80.5. The minimum Gasteiger partial charge on any atom is -0.502 e. The molecule has 0 saturated carbocycles. The van der Waals surface area contributed by atoms with Gasteiger partial charge < -0.3 is 29.7 Å². The van der Waals surface area contributed by atoms with Crippen LogP contribution in [0.1, 0.15) is 32.1 Å². The van der Waals surface area contributed by atoms with Crippen LogP contribution in [0.4, 0.5) is 4.39 Å². The first-order chi connectivity index (χ1) is 25.9. The third kappa shape index (κ3) is 8.73. The van der Waals surface area contributed by atoms with Crippen molar-refractivity contribution >= 4 is 40.4 Å². The van der Waals surface area contributed by atoms with Crippen LogP contribution in [0.3, 0.4) is 0 Å². The molecule has 5 aromatic rings. The van der Waals surface area contributed by atoms with Gasteiger partial charge in [-0.3, -0.25) is 24.0 Å². The Morgan fingerprint density at radius 3 is 2.20 bits per heavy atom. The van der Waals surface area contributed by atoms with E-state index in [-0.39, 0.29) is 31.1 Å². The van der Waals surface area contributed by atoms with Crippen molar-refractivity contribution in [3.8, 4) is 11.6 Å². The number of methoxy groups -OCH3 is 1. The molecule has 17 nitrogen and oxygen atoms in total. The van der Waals surface area contributed by atoms with E-state index >= 15 is 0 Å². The number of benzene rings is 2. The number of H-pyrrole nitrogens is 1. The van der Waals surface area contributed by atoms with Crippen LogP contribution in [0.25, 0.3) is 16.7 Å². The molecule has 0 spiro atoms. The summed E-state index contributed by atoms with van der Waals surface area (Å²) in [7, 11) is 2.69. The molecule has 3 aromatic heterocycles. The zero-order valence-corrected chi connectivity index (χ0v) is 29.3. The number of aryl methyl sites for hydroxylation is 1. The van der Waals surface area contributed by atoms with Crippen LogP contribution in [0.2, 0.25) is 0 Å². The largest absolute Gasteiger partial charge is 0.502 e. The number of nitrogens with one attached hydrogen (secondary N) is 1. The van der Waals surface area contributed by atoms with Crippen LogP contribution in [0.5, 0.6) is 5.75 Å². The highest BCUT2D eigenvalue weighted by Gasteiger charge is 2.31. The summed E-state index contributed by atoms with van der Waals surface area (Å²) in [6, 6.07) is 14.3. The molecule has 2 aromatic carbocycles. The summed E-state index contributed by atoms with van der Waals surface area (Å²) in [6.07, 6.45) is 5.01. The predicted molar refractivity (Wildman–Crippen MR) is 188 cm³/mol. The summed E-state index contributed by atoms with van der Waals surface area (Å²) in [5.41, 5.74) is 1.87. The van der Waals surface area contributed by atoms with Gasteiger partial charge in [-0.05, 0) is 36.8 Å². The Morgan fingerprint density at radius 1 is 0.944 bits per heavy atom. The number of rotatable bonds is 10. The monoisotopic (exact) mass is 742 g/mol. The van der Waals surface area contributed by atoms with E-state index in [1.807, 2.05) is 18.2 Å². The summed E-state index contributed by atoms with van der Waals surface area (Å²) in [5, 5.41) is 22.9. The lowest BCUT2D eigenvalue weighted by molar-refractivity contribution is -0.173. The van der Waals surface area contributed by atoms with E-state index in [4.69, 9.17) is 19.8 Å². The van der Waals surface area contributed by atoms with Crippen LogP contribution in [0, 0.1) is 12.7 Å². The van der Waals surface area contributed by atoms with Gasteiger partial charge in [-0.25, -0.2) is 28.9 Å². The number of hydrogen-bond donors (Lipinski definition) is 3. The molecule has 1 aliphatic rings. The second-order valence-corrected chi connectivity index (χ2v) is 11.6. The van der Waals surface area contributed by atoms with Crippen LogP contribution < -0.4 is 4.74 Å². The third-order valence-corrected chi connectivity index (χ3v) is 8.20. The highest BCUT2D eigenvalue weighted by atomic mass is 19.1. The lowest BCUT2D eigenvalue weighted by Crippen LogP contribution is -2.52. The fourth-order valence-electron chi connectivity index (χ4n) is 5.43. The first-order valence-corrected chi connectivity index (χ1v) is 16.3. The van der Waals surface area contributed by atoms with E-state index < -0.39 is 35.1 Å². The number of hydroxylamine groups is 2. The fourth-order valence-corrected chi connectivity index (χ4v) is 5.43. The van der Waals surface area contributed by atoms with E-state index in [1.165, 1.54) is 66.8 Å². The molecule has 4 heterocycles. The van der Waals surface area contributed by atoms with Crippen molar-refractivity contribution in [3.63, 3.8) is 0 Å². The molecule has 54 heavy (non-hydrogen) atoms. The number of aliphatic hydroxyl groups excluding tert-OH is 1. The van der Waals surface area contributed by atoms with Gasteiger partial charge in [0.15, 0.2) is 5.82 Å². The molecule has 18 heteroatoms. The number of halogens is 1. The van der Waals surface area contributed by atoms with Crippen LogP contribution in [-0.2, 0) is 25.8 Å². The van der Waals surface area contributed by atoms with E-state index in [2.05, 4.69) is 20.1 Å². The minimum absolute atomic E-state index is 0.0149. The Labute approximate surface area is 306 Å². The maximum Gasteiger partial charge on any atom is 0.371 e. The average molecular weight is 743 g/mol. The smallest absolute Gasteiger partial charge is 0.371 e. The lowest BCUT2D eigenvalue weighted by Gasteiger charge is -2.34. The zero-order chi connectivity index (χ0) is 38.9. The normalized spacial score (nSPS) is 12.9. The quantitative estimate of drug-likeness (QED) is 0.0620. The number of carboxylic acids is 1. The van der Waals surface area contributed by atoms with Gasteiger partial charge in [-0.1, -0.05) is 30.3 Å². The van der Waals surface area contributed by atoms with Crippen LogP contribution in [-0.4, -0.2) is 120 Å². The summed E-state index contributed by atoms with van der Waals surface area (Å²) in [5.74, 6) is -3.99. The number of pyridine rings is 1. The average Bonchev–Trinajstić information content (AvgIpc) is 3.84. The molecule has 280 valence electrons. The number of ether oxygens (including phenoxy) is 1. The van der Waals surface area contributed by atoms with Gasteiger partial charge in [0, 0.05) is 37.9 Å². The number of Topliss-reactive ketones (excluding diaryl/α,β-unsaturated/α-hetero) is 1. The number of carboxylic acid groups (broad SMARTS) is 1. The molecule has 1 saturated heterocycles. The molecule has 3 N–H and O–H groups in total. The summed E-state index contributed by atoms with van der Waals surface area (Å²) < 4.78 is 19.6. The van der Waals surface area contributed by atoms with Crippen molar-refractivity contribution < 1.29 is 48.2 Å². The van der Waals surface area contributed by atoms with Gasteiger partial charge >= 0.3 is 5.97 Å². The number of ketones is 1. The van der Waals surface area contributed by atoms with Crippen LogP contribution in [0.15, 0.2) is 85.2 Å². The number of carbonyl (C=O) groups is 5. The number of aromatic nitrogens is 5. The molecule has 0 bridgehead atoms. The number of nitrogens with zero attached hydrogens (tertiary/aromatic N) is 7. The Balaban J connectivity index is 0.000000251. The lowest BCUT2D eigenvalue weighted by atomic mass is 10.1. The second-order valence-electron chi connectivity index (χ2n) is 11.6. The highest BCUT2D eigenvalue weighted by molar-refractivity contribution is 6.45. The number of fused-ring (bicyclic) bond motifs is 1. The molecule has 0 unspecified atom stereocenters. The van der Waals surface area contributed by atoms with Gasteiger partial charge in [0.1, 0.15) is 23.7 Å². The molecule has 3 amide bonds. The number of aliphatic hydroxyl groups is 1. The maximum absolute atomic E-state index is 13.3. The fraction of sp³-hybridized carbons (Fsp3) is 0.222. The van der Waals surface area contributed by atoms with Crippen molar-refractivity contribution in [1.29, 1.82) is 0 Å². The molecule has 1 aliphatic heterocycles. The van der Waals surface area contributed by atoms with Crippen LogP contribution >= 0.6 is 0 Å². The Morgan fingerprint density at radius 2 is 1.61 bits per heavy atom. The number of hydrogen-bond acceptors (Lipinski definition) is 11. The van der Waals surface area contributed by atoms with Crippen molar-refractivity contribution in [2.75, 3.05) is 40.4 Å². The number of carbonyl (C=O) groups excluding carboxylic acids is 4. The van der Waals surface area contributed by atoms with Gasteiger partial charge in [-0.15, -0.1) is 0 Å². The predicted octanol–water partition coefficient (Wildman–Crippen LogP) is 2.87. The Kier molecular flexibility index (Phi) is 12.1. The zero-order valence-electron chi connectivity index (χ0n) is 29.3. The Hall–Kier alpha value is -6.95. The van der Waals surface area contributed by atoms with E-state index in [1.54, 1.807) is 24.0 Å². The number of piperazine rings is 1. The first kappa shape index (κ1) is 38.3. The van der Waals surface area contributed by atoms with Gasteiger partial charge in [-0.2, -0.15) is 5.10 Å². The molecular formula is C36H35FN8O9. The van der Waals surface area contributed by atoms with Gasteiger partial charge in [0.05, 0.1) is 49.5 Å². The standard InChI is InChI=1S/C24H23N7O4.C12H12FNO5/c1-15-27-14-31(28-15)22-20-19(18(35-2)13-26-22)17(12-25-20)21(32)24(34)30-10-8-29(9-11-30)23(33)16-6-4-3-5-7-16;1-19-14(11(16)6-10(15)12(17)18)7-8-2-4-9(13)5-3-8/h3-7,12-14,25H,8-11H2,1-2H3;2-6,15H,7H2,1H3,(H,17,18)/b;10-6-. The molecular weight excluding hydrogens is 707 g/mol. The van der Waals surface area contributed by atoms with Gasteiger partial charge in [0.25, 0.3) is 23.5 Å². The highest BCUT2D eigenvalue weighted by Crippen LogP contribution is 2.32. The van der Waals surface area contributed by atoms with E-state index in [9.17, 15) is 28.4 Å². The molecule has 0 aliphatic carbocycles. The number of aromatic amines is 1. The molecule has 0 atom stereocenters. The summed E-state index contributed by atoms with van der Waals surface area (Å²) >= 11 is 0. The molecule has 0 radical (unpaired) electrons. The summed E-state index contributed by atoms with van der Waals surface area (Å²) in [6.45, 7) is 2.99. The van der Waals surface area contributed by atoms with E-state index in [0.717, 1.165) is 5.06 Å². The van der Waals surface area contributed by atoms with Crippen molar-refractivity contribution in [1.82, 2.24) is 39.6 Å². The topological polar surface area (TPSA) is 213 Å². The first-order valence-electron chi connectivity index (χ1n) is 16.3. The second kappa shape index (κ2) is 17.0. The minimum atomic E-state index is -1.62. The van der Waals surface area contributed by atoms with Crippen molar-refractivity contribution in [2.45, 2.75) is 13.5 Å². The van der Waals surface area contributed by atoms with E-state index in [0.29, 0.717) is 58.6 Å². The Bertz CT molecular complexity index is 2190. The van der Waals surface area contributed by atoms with Crippen molar-refractivity contribution in [3.05, 3.63) is 113 Å². The van der Waals surface area contributed by atoms with Gasteiger partial charge in [0.2, 0.25) is 5.76 Å². The van der Waals surface area contributed by atoms with Crippen molar-refractivity contribution in [2.24, 2.45) is 0 Å².